The number of benzene rings is 1. The number of halogens is 3. The molecule has 7 heteroatoms. The molecule has 0 aliphatic heterocycles. The Morgan fingerprint density at radius 1 is 1.32 bits per heavy atom. The van der Waals surface area contributed by atoms with Crippen molar-refractivity contribution in [2.24, 2.45) is 0 Å². The summed E-state index contributed by atoms with van der Waals surface area (Å²) in [6, 6.07) is 3.08. The lowest BCUT2D eigenvalue weighted by molar-refractivity contribution is 0.0962. The van der Waals surface area contributed by atoms with Crippen molar-refractivity contribution in [2.75, 3.05) is 0 Å². The topological polar surface area (TPSA) is 52.0 Å². The van der Waals surface area contributed by atoms with Gasteiger partial charge in [0.2, 0.25) is 0 Å². The van der Waals surface area contributed by atoms with Crippen molar-refractivity contribution >= 4 is 17.4 Å². The van der Waals surface area contributed by atoms with Gasteiger partial charge in [0.1, 0.15) is 11.6 Å². The van der Waals surface area contributed by atoms with Gasteiger partial charge in [-0.1, -0.05) is 17.7 Å². The van der Waals surface area contributed by atoms with Crippen LogP contribution < -0.4 is 5.69 Å². The predicted octanol–water partition coefficient (Wildman–Crippen LogP) is 2.06. The lowest BCUT2D eigenvalue weighted by Gasteiger charge is -2.06. The van der Waals surface area contributed by atoms with Crippen LogP contribution in [0, 0.1) is 11.6 Å². The molecule has 0 unspecified atom stereocenters. The molecular weight excluding hydrogens is 278 g/mol. The summed E-state index contributed by atoms with van der Waals surface area (Å²) in [4.78, 5) is 26.6. The normalized spacial score (nSPS) is 10.5. The van der Waals surface area contributed by atoms with Crippen molar-refractivity contribution in [2.45, 2.75) is 6.54 Å². The molecule has 0 atom stereocenters. The minimum Gasteiger partial charge on any atom is -0.292 e. The van der Waals surface area contributed by atoms with Crippen LogP contribution in [0.3, 0.4) is 0 Å². The van der Waals surface area contributed by atoms with E-state index in [0.29, 0.717) is 0 Å². The Labute approximate surface area is 111 Å². The van der Waals surface area contributed by atoms with E-state index in [1.54, 1.807) is 0 Å². The summed E-state index contributed by atoms with van der Waals surface area (Å²) in [5.74, 6) is -2.83. The summed E-state index contributed by atoms with van der Waals surface area (Å²) in [6.45, 7) is -0.537. The van der Waals surface area contributed by atoms with E-state index in [1.807, 2.05) is 0 Å². The number of nitrogens with zero attached hydrogens (tertiary/aromatic N) is 2. The largest absolute Gasteiger partial charge is 0.348 e. The SMILES string of the molecule is O=C(Cn1cc(Cl)cnc1=O)c1c(F)cccc1F. The second-order valence-corrected chi connectivity index (χ2v) is 4.14. The number of rotatable bonds is 3. The van der Waals surface area contributed by atoms with Crippen molar-refractivity contribution in [1.29, 1.82) is 0 Å². The third kappa shape index (κ3) is 2.85. The number of hydrogen-bond acceptors (Lipinski definition) is 3. The van der Waals surface area contributed by atoms with Crippen molar-refractivity contribution < 1.29 is 13.6 Å². The zero-order valence-electron chi connectivity index (χ0n) is 9.44. The van der Waals surface area contributed by atoms with Gasteiger partial charge in [-0.25, -0.2) is 18.6 Å². The van der Waals surface area contributed by atoms with E-state index in [4.69, 9.17) is 11.6 Å². The zero-order chi connectivity index (χ0) is 14.0. The summed E-state index contributed by atoms with van der Waals surface area (Å²) in [7, 11) is 0. The van der Waals surface area contributed by atoms with Gasteiger partial charge in [0.15, 0.2) is 5.78 Å². The number of aromatic nitrogens is 2. The van der Waals surface area contributed by atoms with E-state index in [0.717, 1.165) is 29.0 Å². The van der Waals surface area contributed by atoms with Crippen molar-refractivity contribution in [1.82, 2.24) is 9.55 Å². The monoisotopic (exact) mass is 284 g/mol. The van der Waals surface area contributed by atoms with Gasteiger partial charge in [0, 0.05) is 6.20 Å². The standard InChI is InChI=1S/C12H7ClF2N2O2/c13-7-4-16-12(19)17(5-7)6-10(18)11-8(14)2-1-3-9(11)15/h1-5H,6H2. The molecule has 0 saturated carbocycles. The van der Waals surface area contributed by atoms with Crippen LogP contribution >= 0.6 is 11.6 Å². The van der Waals surface area contributed by atoms with Gasteiger partial charge in [0.25, 0.3) is 0 Å². The highest BCUT2D eigenvalue weighted by Crippen LogP contribution is 2.13. The first-order valence-electron chi connectivity index (χ1n) is 5.18. The first-order valence-corrected chi connectivity index (χ1v) is 5.56. The molecule has 0 amide bonds. The molecule has 0 aliphatic rings. The molecule has 0 saturated heterocycles. The minimum atomic E-state index is -0.979. The van der Waals surface area contributed by atoms with Crippen LogP contribution in [-0.4, -0.2) is 15.3 Å². The molecule has 0 aliphatic carbocycles. The van der Waals surface area contributed by atoms with Gasteiger partial charge in [-0.3, -0.25) is 9.36 Å². The van der Waals surface area contributed by atoms with Crippen LogP contribution in [0.25, 0.3) is 0 Å². The Hall–Kier alpha value is -2.08. The molecule has 2 aromatic rings. The molecule has 19 heavy (non-hydrogen) atoms. The van der Waals surface area contributed by atoms with E-state index in [2.05, 4.69) is 4.98 Å². The van der Waals surface area contributed by atoms with Crippen molar-refractivity contribution in [3.05, 3.63) is 63.3 Å². The molecule has 1 aromatic carbocycles. The second-order valence-electron chi connectivity index (χ2n) is 3.70. The number of ketones is 1. The van der Waals surface area contributed by atoms with E-state index in [1.165, 1.54) is 6.20 Å². The summed E-state index contributed by atoms with van der Waals surface area (Å²) in [6.07, 6.45) is 2.29. The molecule has 2 rings (SSSR count). The highest BCUT2D eigenvalue weighted by atomic mass is 35.5. The predicted molar refractivity (Wildman–Crippen MR) is 64.2 cm³/mol. The summed E-state index contributed by atoms with van der Waals surface area (Å²) < 4.78 is 27.7. The lowest BCUT2D eigenvalue weighted by Crippen LogP contribution is -2.26. The fourth-order valence-corrected chi connectivity index (χ4v) is 1.71. The van der Waals surface area contributed by atoms with Crippen LogP contribution in [0.2, 0.25) is 5.02 Å². The molecular formula is C12H7ClF2N2O2. The molecule has 0 bridgehead atoms. The maximum absolute atomic E-state index is 13.4. The summed E-state index contributed by atoms with van der Waals surface area (Å²) >= 11 is 5.63. The Morgan fingerprint density at radius 2 is 1.95 bits per heavy atom. The summed E-state index contributed by atoms with van der Waals surface area (Å²) in [5.41, 5.74) is -1.41. The quantitative estimate of drug-likeness (QED) is 0.811. The van der Waals surface area contributed by atoms with E-state index in [9.17, 15) is 18.4 Å². The first-order chi connectivity index (χ1) is 8.99. The lowest BCUT2D eigenvalue weighted by atomic mass is 10.1. The number of carbonyl (C=O) groups excluding carboxylic acids is 1. The Bertz CT molecular complexity index is 680. The fraction of sp³-hybridized carbons (Fsp3) is 0.0833. The van der Waals surface area contributed by atoms with Gasteiger partial charge < -0.3 is 0 Å². The zero-order valence-corrected chi connectivity index (χ0v) is 10.2. The van der Waals surface area contributed by atoms with Gasteiger partial charge in [-0.2, -0.15) is 0 Å². The van der Waals surface area contributed by atoms with Gasteiger partial charge in [-0.15, -0.1) is 0 Å². The minimum absolute atomic E-state index is 0.140. The first kappa shape index (κ1) is 13.4. The third-order valence-electron chi connectivity index (χ3n) is 2.38. The number of Topliss-reactive ketones (excluding diaryl/α,β-unsaturated/α-hetero) is 1. The van der Waals surface area contributed by atoms with Crippen LogP contribution in [0.4, 0.5) is 8.78 Å². The maximum Gasteiger partial charge on any atom is 0.348 e. The van der Waals surface area contributed by atoms with Gasteiger partial charge in [-0.05, 0) is 12.1 Å². The molecule has 0 fully saturated rings. The number of hydrogen-bond donors (Lipinski definition) is 0. The van der Waals surface area contributed by atoms with Crippen LogP contribution in [-0.2, 0) is 6.54 Å². The molecule has 98 valence electrons. The van der Waals surface area contributed by atoms with E-state index >= 15 is 0 Å². The highest BCUT2D eigenvalue weighted by Gasteiger charge is 2.17. The molecule has 4 nitrogen and oxygen atoms in total. The van der Waals surface area contributed by atoms with Crippen LogP contribution in [0.1, 0.15) is 10.4 Å². The molecule has 1 aromatic heterocycles. The molecule has 0 N–H and O–H groups in total. The van der Waals surface area contributed by atoms with Crippen molar-refractivity contribution in [3.63, 3.8) is 0 Å². The fourth-order valence-electron chi connectivity index (χ4n) is 1.54. The van der Waals surface area contributed by atoms with E-state index < -0.39 is 35.2 Å². The smallest absolute Gasteiger partial charge is 0.292 e. The molecule has 0 spiro atoms. The Balaban J connectivity index is 2.36. The average Bonchev–Trinajstić information content (AvgIpc) is 2.33. The number of carbonyl (C=O) groups is 1. The Morgan fingerprint density at radius 3 is 2.58 bits per heavy atom. The second kappa shape index (κ2) is 5.27. The van der Waals surface area contributed by atoms with E-state index in [-0.39, 0.29) is 5.02 Å². The third-order valence-corrected chi connectivity index (χ3v) is 2.57. The molecule has 0 radical (unpaired) electrons. The average molecular weight is 285 g/mol. The van der Waals surface area contributed by atoms with Crippen LogP contribution in [0.15, 0.2) is 35.4 Å². The summed E-state index contributed by atoms with van der Waals surface area (Å²) in [5, 5.41) is 0.140. The Kier molecular flexibility index (Phi) is 3.71. The van der Waals surface area contributed by atoms with Gasteiger partial charge >= 0.3 is 5.69 Å². The maximum atomic E-state index is 13.4. The highest BCUT2D eigenvalue weighted by molar-refractivity contribution is 6.30. The van der Waals surface area contributed by atoms with Crippen LogP contribution in [0.5, 0.6) is 0 Å². The molecule has 1 heterocycles. The van der Waals surface area contributed by atoms with Gasteiger partial charge in [0.05, 0.1) is 23.3 Å². The van der Waals surface area contributed by atoms with Crippen molar-refractivity contribution in [3.8, 4) is 0 Å².